The van der Waals surface area contributed by atoms with Crippen LogP contribution in [0.4, 0.5) is 5.69 Å². The van der Waals surface area contributed by atoms with E-state index in [4.69, 9.17) is 4.74 Å². The third-order valence-corrected chi connectivity index (χ3v) is 1.99. The Balaban J connectivity index is 2.14. The second-order valence-electron chi connectivity index (χ2n) is 3.08. The van der Waals surface area contributed by atoms with Gasteiger partial charge >= 0.3 is 0 Å². The van der Waals surface area contributed by atoms with Gasteiger partial charge in [-0.3, -0.25) is 4.79 Å². The second-order valence-corrected chi connectivity index (χ2v) is 3.08. The van der Waals surface area contributed by atoms with Gasteiger partial charge in [0.2, 0.25) is 0 Å². The van der Waals surface area contributed by atoms with E-state index in [0.29, 0.717) is 11.4 Å². The van der Waals surface area contributed by atoms with Crippen molar-refractivity contribution in [2.24, 2.45) is 0 Å². The van der Waals surface area contributed by atoms with Crippen molar-refractivity contribution in [2.75, 3.05) is 12.4 Å². The second kappa shape index (κ2) is 4.47. The number of methoxy groups -OCH3 is 1. The largest absolute Gasteiger partial charge is 0.504 e. The van der Waals surface area contributed by atoms with E-state index in [1.807, 2.05) is 0 Å². The maximum atomic E-state index is 11.5. The van der Waals surface area contributed by atoms with Crippen molar-refractivity contribution in [3.63, 3.8) is 0 Å². The molecular weight excluding hydrogens is 226 g/mol. The fraction of sp³-hybridized carbons (Fsp3) is 0.111. The van der Waals surface area contributed by atoms with Gasteiger partial charge in [-0.25, -0.2) is 0 Å². The Morgan fingerprint density at radius 3 is 2.94 bits per heavy atom. The van der Waals surface area contributed by atoms with Crippen molar-refractivity contribution in [2.45, 2.75) is 0 Å². The summed E-state index contributed by atoms with van der Waals surface area (Å²) in [6, 6.07) is 4.47. The first-order valence-electron chi connectivity index (χ1n) is 4.62. The van der Waals surface area contributed by atoms with E-state index in [-0.39, 0.29) is 11.6 Å². The van der Waals surface area contributed by atoms with Gasteiger partial charge in [0.05, 0.1) is 7.11 Å². The number of aromatic hydroxyl groups is 1. The van der Waals surface area contributed by atoms with Crippen LogP contribution in [0, 0.1) is 0 Å². The quantitative estimate of drug-likeness (QED) is 0.698. The number of rotatable bonds is 3. The number of hydrogen-bond donors (Lipinski definition) is 3. The molecular formula is C9H9N5O3. The van der Waals surface area contributed by atoms with Gasteiger partial charge in [-0.1, -0.05) is 0 Å². The summed E-state index contributed by atoms with van der Waals surface area (Å²) in [6.07, 6.45) is 0. The molecule has 3 N–H and O–H groups in total. The lowest BCUT2D eigenvalue weighted by Gasteiger charge is -2.06. The number of phenolic OH excluding ortho intramolecular Hbond substituents is 1. The van der Waals surface area contributed by atoms with Gasteiger partial charge in [-0.2, -0.15) is 5.21 Å². The lowest BCUT2D eigenvalue weighted by molar-refractivity contribution is 0.101. The molecule has 0 unspecified atom stereocenters. The number of H-pyrrole nitrogens is 1. The molecule has 8 heteroatoms. The lowest BCUT2D eigenvalue weighted by Crippen LogP contribution is -2.13. The summed E-state index contributed by atoms with van der Waals surface area (Å²) in [4.78, 5) is 11.5. The number of anilines is 1. The Kier molecular flexibility index (Phi) is 2.86. The van der Waals surface area contributed by atoms with Crippen LogP contribution in [0.5, 0.6) is 11.5 Å². The molecule has 1 aromatic carbocycles. The average Bonchev–Trinajstić information content (AvgIpc) is 2.82. The number of ether oxygens (including phenoxy) is 1. The molecule has 8 nitrogen and oxygen atoms in total. The molecule has 2 aromatic rings. The molecule has 1 amide bonds. The predicted octanol–water partition coefficient (Wildman–Crippen LogP) is 0.166. The van der Waals surface area contributed by atoms with Gasteiger partial charge in [0.15, 0.2) is 11.5 Å². The molecule has 88 valence electrons. The van der Waals surface area contributed by atoms with Crippen molar-refractivity contribution in [1.29, 1.82) is 0 Å². The zero-order valence-electron chi connectivity index (χ0n) is 8.84. The number of nitrogens with one attached hydrogen (secondary N) is 2. The number of aromatic amines is 1. The molecule has 0 bridgehead atoms. The van der Waals surface area contributed by atoms with Crippen molar-refractivity contribution >= 4 is 11.6 Å². The van der Waals surface area contributed by atoms with Gasteiger partial charge in [-0.05, 0) is 17.3 Å². The number of benzene rings is 1. The van der Waals surface area contributed by atoms with E-state index < -0.39 is 5.91 Å². The maximum Gasteiger partial charge on any atom is 0.297 e. The summed E-state index contributed by atoms with van der Waals surface area (Å²) in [5.74, 6) is -0.357. The topological polar surface area (TPSA) is 113 Å². The fourth-order valence-corrected chi connectivity index (χ4v) is 1.21. The molecule has 1 aromatic heterocycles. The Morgan fingerprint density at radius 1 is 1.53 bits per heavy atom. The summed E-state index contributed by atoms with van der Waals surface area (Å²) >= 11 is 0. The highest BCUT2D eigenvalue weighted by Crippen LogP contribution is 2.28. The zero-order chi connectivity index (χ0) is 12.3. The first-order chi connectivity index (χ1) is 8.20. The number of hydrogen-bond acceptors (Lipinski definition) is 6. The van der Waals surface area contributed by atoms with E-state index in [2.05, 4.69) is 25.9 Å². The van der Waals surface area contributed by atoms with Crippen LogP contribution >= 0.6 is 0 Å². The third kappa shape index (κ3) is 2.30. The van der Waals surface area contributed by atoms with E-state index in [0.717, 1.165) is 0 Å². The van der Waals surface area contributed by atoms with Crippen molar-refractivity contribution in [3.05, 3.63) is 24.0 Å². The normalized spacial score (nSPS) is 9.94. The number of tetrazole rings is 1. The highest BCUT2D eigenvalue weighted by atomic mass is 16.5. The minimum Gasteiger partial charge on any atom is -0.504 e. The van der Waals surface area contributed by atoms with Gasteiger partial charge < -0.3 is 15.2 Å². The number of nitrogens with zero attached hydrogens (tertiary/aromatic N) is 3. The molecule has 2 rings (SSSR count). The van der Waals surface area contributed by atoms with Crippen LogP contribution in [0.15, 0.2) is 18.2 Å². The first kappa shape index (κ1) is 10.9. The van der Waals surface area contributed by atoms with Gasteiger partial charge in [0.25, 0.3) is 11.7 Å². The van der Waals surface area contributed by atoms with E-state index in [1.165, 1.54) is 19.2 Å². The Morgan fingerprint density at radius 2 is 2.35 bits per heavy atom. The SMILES string of the molecule is COc1ccc(NC(=O)c2nn[nH]n2)cc1O. The van der Waals surface area contributed by atoms with Crippen LogP contribution < -0.4 is 10.1 Å². The minimum absolute atomic E-state index is 0.0709. The van der Waals surface area contributed by atoms with Crippen LogP contribution in [-0.2, 0) is 0 Å². The molecule has 0 aliphatic rings. The molecule has 17 heavy (non-hydrogen) atoms. The smallest absolute Gasteiger partial charge is 0.297 e. The standard InChI is InChI=1S/C9H9N5O3/c1-17-7-3-2-5(4-6(7)15)10-9(16)8-11-13-14-12-8/h2-4,15H,1H3,(H,10,16)(H,11,12,13,14). The Labute approximate surface area is 95.6 Å². The number of phenols is 1. The Bertz CT molecular complexity index is 525. The third-order valence-electron chi connectivity index (χ3n) is 1.99. The van der Waals surface area contributed by atoms with Gasteiger partial charge in [0, 0.05) is 11.8 Å². The number of carbonyl (C=O) groups is 1. The highest BCUT2D eigenvalue weighted by Gasteiger charge is 2.11. The van der Waals surface area contributed by atoms with Crippen LogP contribution in [0.25, 0.3) is 0 Å². The fourth-order valence-electron chi connectivity index (χ4n) is 1.21. The van der Waals surface area contributed by atoms with Crippen LogP contribution in [0.1, 0.15) is 10.6 Å². The first-order valence-corrected chi connectivity index (χ1v) is 4.62. The van der Waals surface area contributed by atoms with E-state index in [1.54, 1.807) is 6.07 Å². The van der Waals surface area contributed by atoms with Crippen molar-refractivity contribution in [1.82, 2.24) is 20.6 Å². The van der Waals surface area contributed by atoms with Gasteiger partial charge in [-0.15, -0.1) is 10.2 Å². The van der Waals surface area contributed by atoms with E-state index >= 15 is 0 Å². The van der Waals surface area contributed by atoms with E-state index in [9.17, 15) is 9.90 Å². The molecule has 0 aliphatic heterocycles. The van der Waals surface area contributed by atoms with Gasteiger partial charge in [0.1, 0.15) is 0 Å². The molecule has 0 fully saturated rings. The summed E-state index contributed by atoms with van der Waals surface area (Å²) in [7, 11) is 1.44. The minimum atomic E-state index is -0.525. The average molecular weight is 235 g/mol. The maximum absolute atomic E-state index is 11.5. The predicted molar refractivity (Wildman–Crippen MR) is 56.8 cm³/mol. The Hall–Kier alpha value is -2.64. The summed E-state index contributed by atoms with van der Waals surface area (Å²) in [5.41, 5.74) is 0.401. The van der Waals surface area contributed by atoms with Crippen molar-refractivity contribution in [3.8, 4) is 11.5 Å². The molecule has 0 aliphatic carbocycles. The van der Waals surface area contributed by atoms with Crippen LogP contribution in [-0.4, -0.2) is 38.7 Å². The molecule has 0 saturated carbocycles. The summed E-state index contributed by atoms with van der Waals surface area (Å²) < 4.78 is 4.87. The monoisotopic (exact) mass is 235 g/mol. The summed E-state index contributed by atoms with van der Waals surface area (Å²) in [5, 5.41) is 24.5. The highest BCUT2D eigenvalue weighted by molar-refractivity contribution is 6.01. The lowest BCUT2D eigenvalue weighted by atomic mass is 10.2. The zero-order valence-corrected chi connectivity index (χ0v) is 8.84. The number of carbonyl (C=O) groups excluding carboxylic acids is 1. The molecule has 0 atom stereocenters. The molecule has 0 spiro atoms. The summed E-state index contributed by atoms with van der Waals surface area (Å²) in [6.45, 7) is 0. The molecule has 0 radical (unpaired) electrons. The molecule has 0 saturated heterocycles. The number of aromatic nitrogens is 4. The van der Waals surface area contributed by atoms with Crippen molar-refractivity contribution < 1.29 is 14.6 Å². The van der Waals surface area contributed by atoms with Crippen LogP contribution in [0.2, 0.25) is 0 Å². The number of amides is 1. The van der Waals surface area contributed by atoms with Crippen LogP contribution in [0.3, 0.4) is 0 Å². The molecule has 1 heterocycles.